The minimum atomic E-state index is 0.556. The first-order chi connectivity index (χ1) is 5.92. The molecule has 0 amide bonds. The highest BCUT2D eigenvalue weighted by Crippen LogP contribution is 2.20. The van der Waals surface area contributed by atoms with Crippen LogP contribution in [0.5, 0.6) is 0 Å². The Balaban J connectivity index is 2.91. The fourth-order valence-corrected chi connectivity index (χ4v) is 1.06. The predicted molar refractivity (Wildman–Crippen MR) is 45.8 cm³/mol. The summed E-state index contributed by atoms with van der Waals surface area (Å²) in [5.74, 6) is 0. The molecule has 56 valence electrons. The van der Waals surface area contributed by atoms with Crippen molar-refractivity contribution in [3.05, 3.63) is 42.0 Å². The number of rotatable bonds is 0. The molecular formula is C9H5N3. The van der Waals surface area contributed by atoms with Crippen LogP contribution in [0.3, 0.4) is 0 Å². The summed E-state index contributed by atoms with van der Waals surface area (Å²) in [6.45, 7) is 6.88. The molecule has 12 heavy (non-hydrogen) atoms. The van der Waals surface area contributed by atoms with Gasteiger partial charge in [0, 0.05) is 12.4 Å². The van der Waals surface area contributed by atoms with Crippen molar-refractivity contribution in [1.29, 1.82) is 0 Å². The standard InChI is InChI=1S/C9H5N3/c1-10-7-4-6-11-8-3-2-5-12-9(7)8/h2-6H. The van der Waals surface area contributed by atoms with Gasteiger partial charge in [-0.3, -0.25) is 9.97 Å². The van der Waals surface area contributed by atoms with Crippen LogP contribution in [-0.4, -0.2) is 9.97 Å². The third kappa shape index (κ3) is 0.903. The fraction of sp³-hybridized carbons (Fsp3) is 0. The van der Waals surface area contributed by atoms with Gasteiger partial charge in [0.1, 0.15) is 0 Å². The third-order valence-corrected chi connectivity index (χ3v) is 1.60. The maximum Gasteiger partial charge on any atom is 0.215 e. The van der Waals surface area contributed by atoms with Gasteiger partial charge >= 0.3 is 0 Å². The molecule has 0 N–H and O–H groups in total. The maximum atomic E-state index is 6.88. The van der Waals surface area contributed by atoms with Crippen molar-refractivity contribution in [2.24, 2.45) is 0 Å². The van der Waals surface area contributed by atoms with E-state index < -0.39 is 0 Å². The average molecular weight is 155 g/mol. The first-order valence-electron chi connectivity index (χ1n) is 3.49. The van der Waals surface area contributed by atoms with Crippen molar-refractivity contribution in [2.45, 2.75) is 0 Å². The second kappa shape index (κ2) is 2.59. The summed E-state index contributed by atoms with van der Waals surface area (Å²) >= 11 is 0. The molecule has 0 aliphatic rings. The lowest BCUT2D eigenvalue weighted by Crippen LogP contribution is -1.80. The van der Waals surface area contributed by atoms with Gasteiger partial charge in [0.2, 0.25) is 5.69 Å². The molecule has 0 saturated carbocycles. The van der Waals surface area contributed by atoms with E-state index in [1.54, 1.807) is 18.5 Å². The highest BCUT2D eigenvalue weighted by molar-refractivity contribution is 5.87. The van der Waals surface area contributed by atoms with Crippen molar-refractivity contribution in [3.8, 4) is 0 Å². The second-order valence-electron chi connectivity index (χ2n) is 2.31. The molecule has 0 aliphatic heterocycles. The van der Waals surface area contributed by atoms with Gasteiger partial charge in [-0.2, -0.15) is 0 Å². The minimum Gasteiger partial charge on any atom is -0.266 e. The Labute approximate surface area is 69.5 Å². The number of hydrogen-bond donors (Lipinski definition) is 0. The molecule has 0 saturated heterocycles. The highest BCUT2D eigenvalue weighted by Gasteiger charge is 1.99. The maximum absolute atomic E-state index is 6.88. The zero-order chi connectivity index (χ0) is 8.39. The molecule has 2 rings (SSSR count). The van der Waals surface area contributed by atoms with Gasteiger partial charge in [0.15, 0.2) is 0 Å². The van der Waals surface area contributed by atoms with Crippen molar-refractivity contribution < 1.29 is 0 Å². The first kappa shape index (κ1) is 6.74. The highest BCUT2D eigenvalue weighted by atomic mass is 14.8. The topological polar surface area (TPSA) is 30.1 Å². The monoisotopic (exact) mass is 155 g/mol. The molecule has 0 atom stereocenters. The molecule has 0 aromatic carbocycles. The van der Waals surface area contributed by atoms with E-state index in [1.807, 2.05) is 12.1 Å². The summed E-state index contributed by atoms with van der Waals surface area (Å²) in [5.41, 5.74) is 2.00. The molecule has 0 fully saturated rings. The molecule has 0 aliphatic carbocycles. The number of fused-ring (bicyclic) bond motifs is 1. The normalized spacial score (nSPS) is 9.58. The smallest absolute Gasteiger partial charge is 0.215 e. The summed E-state index contributed by atoms with van der Waals surface area (Å²) in [4.78, 5) is 11.5. The quantitative estimate of drug-likeness (QED) is 0.546. The van der Waals surface area contributed by atoms with E-state index in [1.165, 1.54) is 0 Å². The summed E-state index contributed by atoms with van der Waals surface area (Å²) < 4.78 is 0. The average Bonchev–Trinajstić information content (AvgIpc) is 2.17. The van der Waals surface area contributed by atoms with Crippen LogP contribution in [0, 0.1) is 6.57 Å². The SMILES string of the molecule is [C-]#[N+]c1ccnc2cccnc12. The van der Waals surface area contributed by atoms with Crippen LogP contribution < -0.4 is 0 Å². The molecule has 0 bridgehead atoms. The van der Waals surface area contributed by atoms with E-state index in [-0.39, 0.29) is 0 Å². The van der Waals surface area contributed by atoms with Gasteiger partial charge in [0.05, 0.1) is 17.6 Å². The first-order valence-corrected chi connectivity index (χ1v) is 3.49. The van der Waals surface area contributed by atoms with Crippen molar-refractivity contribution in [1.82, 2.24) is 9.97 Å². The fourth-order valence-electron chi connectivity index (χ4n) is 1.06. The molecule has 3 heteroatoms. The van der Waals surface area contributed by atoms with Gasteiger partial charge < -0.3 is 0 Å². The van der Waals surface area contributed by atoms with Gasteiger partial charge in [-0.15, -0.1) is 0 Å². The van der Waals surface area contributed by atoms with Crippen LogP contribution in [0.15, 0.2) is 30.6 Å². The molecule has 2 aromatic heterocycles. The zero-order valence-corrected chi connectivity index (χ0v) is 6.23. The van der Waals surface area contributed by atoms with Crippen LogP contribution in [0.25, 0.3) is 15.9 Å². The van der Waals surface area contributed by atoms with Crippen molar-refractivity contribution in [2.75, 3.05) is 0 Å². The van der Waals surface area contributed by atoms with E-state index in [0.717, 1.165) is 5.52 Å². The van der Waals surface area contributed by atoms with Crippen LogP contribution in [0.1, 0.15) is 0 Å². The Bertz CT molecular complexity index is 451. The van der Waals surface area contributed by atoms with Crippen LogP contribution in [0.4, 0.5) is 5.69 Å². The Hall–Kier alpha value is -1.95. The largest absolute Gasteiger partial charge is 0.266 e. The predicted octanol–water partition coefficient (Wildman–Crippen LogP) is 2.18. The molecule has 2 heterocycles. The van der Waals surface area contributed by atoms with E-state index >= 15 is 0 Å². The molecule has 3 nitrogen and oxygen atoms in total. The van der Waals surface area contributed by atoms with Crippen LogP contribution in [-0.2, 0) is 0 Å². The number of aromatic nitrogens is 2. The Morgan fingerprint density at radius 2 is 2.08 bits per heavy atom. The van der Waals surface area contributed by atoms with E-state index in [4.69, 9.17) is 6.57 Å². The van der Waals surface area contributed by atoms with Gasteiger partial charge in [-0.1, -0.05) is 0 Å². The summed E-state index contributed by atoms with van der Waals surface area (Å²) in [6.07, 6.45) is 3.29. The Morgan fingerprint density at radius 3 is 2.92 bits per heavy atom. The molecule has 0 spiro atoms. The van der Waals surface area contributed by atoms with Gasteiger partial charge in [-0.05, 0) is 18.2 Å². The second-order valence-corrected chi connectivity index (χ2v) is 2.31. The minimum absolute atomic E-state index is 0.556. The van der Waals surface area contributed by atoms with E-state index in [9.17, 15) is 0 Å². The third-order valence-electron chi connectivity index (χ3n) is 1.60. The number of hydrogen-bond acceptors (Lipinski definition) is 2. The summed E-state index contributed by atoms with van der Waals surface area (Å²) in [7, 11) is 0. The number of pyridine rings is 2. The molecule has 2 aromatic rings. The Morgan fingerprint density at radius 1 is 1.17 bits per heavy atom. The summed E-state index contributed by atoms with van der Waals surface area (Å²) in [5, 5.41) is 0. The van der Waals surface area contributed by atoms with E-state index in [0.29, 0.717) is 11.2 Å². The lowest BCUT2D eigenvalue weighted by molar-refractivity contribution is 1.34. The Kier molecular flexibility index (Phi) is 1.45. The van der Waals surface area contributed by atoms with E-state index in [2.05, 4.69) is 14.8 Å². The number of nitrogens with zero attached hydrogens (tertiary/aromatic N) is 3. The van der Waals surface area contributed by atoms with Crippen molar-refractivity contribution in [3.63, 3.8) is 0 Å². The summed E-state index contributed by atoms with van der Waals surface area (Å²) in [6, 6.07) is 5.32. The molecule has 0 unspecified atom stereocenters. The zero-order valence-electron chi connectivity index (χ0n) is 6.23. The molecule has 0 radical (unpaired) electrons. The lowest BCUT2D eigenvalue weighted by atomic mass is 10.3. The molecular weight excluding hydrogens is 150 g/mol. The van der Waals surface area contributed by atoms with Gasteiger partial charge in [0.25, 0.3) is 0 Å². The lowest BCUT2D eigenvalue weighted by Gasteiger charge is -1.95. The van der Waals surface area contributed by atoms with Crippen LogP contribution in [0.2, 0.25) is 0 Å². The van der Waals surface area contributed by atoms with Crippen molar-refractivity contribution >= 4 is 16.7 Å². The van der Waals surface area contributed by atoms with Crippen LogP contribution >= 0.6 is 0 Å². The van der Waals surface area contributed by atoms with Gasteiger partial charge in [-0.25, -0.2) is 4.85 Å².